The summed E-state index contributed by atoms with van der Waals surface area (Å²) in [7, 11) is 0. The number of amides is 1. The summed E-state index contributed by atoms with van der Waals surface area (Å²) in [6.45, 7) is 9.19. The largest absolute Gasteiger partial charge is 0.304 e. The molecule has 2 heteroatoms. The maximum absolute atomic E-state index is 13.3. The number of anilines is 1. The Labute approximate surface area is 162 Å². The summed E-state index contributed by atoms with van der Waals surface area (Å²) in [5.41, 5.74) is 5.24. The van der Waals surface area contributed by atoms with Crippen molar-refractivity contribution in [2.45, 2.75) is 39.7 Å². The van der Waals surface area contributed by atoms with E-state index in [4.69, 9.17) is 0 Å². The number of carbonyl (C=O) groups is 1. The van der Waals surface area contributed by atoms with Gasteiger partial charge in [0.1, 0.15) is 0 Å². The zero-order valence-electron chi connectivity index (χ0n) is 16.6. The number of hydrogen-bond acceptors (Lipinski definition) is 1. The average Bonchev–Trinajstić information content (AvgIpc) is 2.66. The van der Waals surface area contributed by atoms with Crippen LogP contribution >= 0.6 is 0 Å². The molecule has 0 N–H and O–H groups in total. The monoisotopic (exact) mass is 357 g/mol. The van der Waals surface area contributed by atoms with Crippen molar-refractivity contribution in [2.24, 2.45) is 0 Å². The molecule has 3 aromatic rings. The van der Waals surface area contributed by atoms with E-state index in [1.54, 1.807) is 0 Å². The van der Waals surface area contributed by atoms with Gasteiger partial charge in [-0.2, -0.15) is 0 Å². The fourth-order valence-electron chi connectivity index (χ4n) is 3.06. The highest BCUT2D eigenvalue weighted by molar-refractivity contribution is 6.06. The van der Waals surface area contributed by atoms with E-state index in [1.807, 2.05) is 66.4 Å². The van der Waals surface area contributed by atoms with Crippen LogP contribution in [0.3, 0.4) is 0 Å². The lowest BCUT2D eigenvalue weighted by atomic mass is 9.86. The zero-order chi connectivity index (χ0) is 19.4. The first-order valence-electron chi connectivity index (χ1n) is 9.37. The van der Waals surface area contributed by atoms with Crippen molar-refractivity contribution < 1.29 is 4.79 Å². The number of rotatable bonds is 4. The van der Waals surface area contributed by atoms with Gasteiger partial charge in [0.2, 0.25) is 0 Å². The Morgan fingerprint density at radius 2 is 1.52 bits per heavy atom. The molecule has 0 atom stereocenters. The lowest BCUT2D eigenvalue weighted by Crippen LogP contribution is -2.30. The van der Waals surface area contributed by atoms with Crippen LogP contribution in [-0.2, 0) is 12.0 Å². The van der Waals surface area contributed by atoms with E-state index in [-0.39, 0.29) is 11.3 Å². The van der Waals surface area contributed by atoms with Gasteiger partial charge in [0.15, 0.2) is 0 Å². The van der Waals surface area contributed by atoms with Gasteiger partial charge in [-0.3, -0.25) is 4.79 Å². The third kappa shape index (κ3) is 4.65. The molecule has 0 aliphatic heterocycles. The quantitative estimate of drug-likeness (QED) is 0.549. The Kier molecular flexibility index (Phi) is 5.46. The molecule has 1 amide bonds. The van der Waals surface area contributed by atoms with E-state index in [2.05, 4.69) is 45.0 Å². The van der Waals surface area contributed by atoms with Crippen molar-refractivity contribution in [1.29, 1.82) is 0 Å². The van der Waals surface area contributed by atoms with Gasteiger partial charge in [0.05, 0.1) is 6.54 Å². The predicted octanol–water partition coefficient (Wildman–Crippen LogP) is 6.14. The minimum Gasteiger partial charge on any atom is -0.304 e. The van der Waals surface area contributed by atoms with Crippen LogP contribution in [0.2, 0.25) is 0 Å². The molecule has 0 unspecified atom stereocenters. The molecule has 0 saturated heterocycles. The molecule has 3 aromatic carbocycles. The van der Waals surface area contributed by atoms with Gasteiger partial charge in [-0.15, -0.1) is 0 Å². The molecule has 3 rings (SSSR count). The highest BCUT2D eigenvalue weighted by Crippen LogP contribution is 2.25. The number of aryl methyl sites for hydroxylation is 1. The number of para-hydroxylation sites is 1. The Morgan fingerprint density at radius 1 is 0.852 bits per heavy atom. The predicted molar refractivity (Wildman–Crippen MR) is 113 cm³/mol. The second kappa shape index (κ2) is 7.79. The van der Waals surface area contributed by atoms with Crippen molar-refractivity contribution in [2.75, 3.05) is 4.90 Å². The van der Waals surface area contributed by atoms with Gasteiger partial charge in [-0.05, 0) is 47.7 Å². The lowest BCUT2D eigenvalue weighted by molar-refractivity contribution is 0.0985. The fraction of sp³-hybridized carbons (Fsp3) is 0.240. The van der Waals surface area contributed by atoms with E-state index in [0.717, 1.165) is 16.8 Å². The van der Waals surface area contributed by atoms with E-state index in [1.165, 1.54) is 5.56 Å². The first kappa shape index (κ1) is 18.9. The SMILES string of the molecule is Cc1ccc(C(=O)N(Cc2cccc(C(C)(C)C)c2)c2ccccc2)cc1. The van der Waals surface area contributed by atoms with Gasteiger partial charge >= 0.3 is 0 Å². The Balaban J connectivity index is 1.96. The van der Waals surface area contributed by atoms with Crippen LogP contribution in [0.25, 0.3) is 0 Å². The Hall–Kier alpha value is -2.87. The molecule has 27 heavy (non-hydrogen) atoms. The van der Waals surface area contributed by atoms with Crippen molar-refractivity contribution >= 4 is 11.6 Å². The summed E-state index contributed by atoms with van der Waals surface area (Å²) >= 11 is 0. The lowest BCUT2D eigenvalue weighted by Gasteiger charge is -2.25. The topological polar surface area (TPSA) is 20.3 Å². The van der Waals surface area contributed by atoms with Crippen molar-refractivity contribution in [3.8, 4) is 0 Å². The minimum absolute atomic E-state index is 0.0161. The van der Waals surface area contributed by atoms with Crippen molar-refractivity contribution in [1.82, 2.24) is 0 Å². The van der Waals surface area contributed by atoms with E-state index < -0.39 is 0 Å². The summed E-state index contributed by atoms with van der Waals surface area (Å²) in [6, 6.07) is 26.2. The second-order valence-corrected chi connectivity index (χ2v) is 8.04. The molecule has 0 heterocycles. The molecule has 0 radical (unpaired) electrons. The fourth-order valence-corrected chi connectivity index (χ4v) is 3.06. The first-order chi connectivity index (χ1) is 12.8. The molecule has 0 aliphatic carbocycles. The highest BCUT2D eigenvalue weighted by atomic mass is 16.2. The van der Waals surface area contributed by atoms with Crippen LogP contribution in [0.1, 0.15) is 47.8 Å². The first-order valence-corrected chi connectivity index (χ1v) is 9.37. The molecule has 138 valence electrons. The Bertz CT molecular complexity index is 905. The summed E-state index contributed by atoms with van der Waals surface area (Å²) in [5.74, 6) is 0.0161. The number of carbonyl (C=O) groups excluding carboxylic acids is 1. The standard InChI is InChI=1S/C25H27NO/c1-19-13-15-21(16-14-19)24(27)26(23-11-6-5-7-12-23)18-20-9-8-10-22(17-20)25(2,3)4/h5-17H,18H2,1-4H3. The minimum atomic E-state index is 0.0161. The molecular weight excluding hydrogens is 330 g/mol. The van der Waals surface area contributed by atoms with Crippen LogP contribution in [0.15, 0.2) is 78.9 Å². The number of benzene rings is 3. The molecule has 0 aromatic heterocycles. The Morgan fingerprint density at radius 3 is 2.15 bits per heavy atom. The zero-order valence-corrected chi connectivity index (χ0v) is 16.6. The number of hydrogen-bond donors (Lipinski definition) is 0. The third-order valence-electron chi connectivity index (χ3n) is 4.75. The molecule has 0 bridgehead atoms. The van der Waals surface area contributed by atoms with E-state index >= 15 is 0 Å². The molecule has 0 saturated carbocycles. The molecule has 0 aliphatic rings. The summed E-state index contributed by atoms with van der Waals surface area (Å²) < 4.78 is 0. The van der Waals surface area contributed by atoms with Crippen LogP contribution in [0.4, 0.5) is 5.69 Å². The van der Waals surface area contributed by atoms with Gasteiger partial charge in [-0.25, -0.2) is 0 Å². The number of nitrogens with zero attached hydrogens (tertiary/aromatic N) is 1. The smallest absolute Gasteiger partial charge is 0.258 e. The highest BCUT2D eigenvalue weighted by Gasteiger charge is 2.19. The maximum atomic E-state index is 13.3. The molecule has 0 spiro atoms. The average molecular weight is 357 g/mol. The van der Waals surface area contributed by atoms with Gasteiger partial charge in [0, 0.05) is 11.3 Å². The third-order valence-corrected chi connectivity index (χ3v) is 4.75. The van der Waals surface area contributed by atoms with E-state index in [9.17, 15) is 4.79 Å². The maximum Gasteiger partial charge on any atom is 0.258 e. The summed E-state index contributed by atoms with van der Waals surface area (Å²) in [4.78, 5) is 15.1. The second-order valence-electron chi connectivity index (χ2n) is 8.04. The van der Waals surface area contributed by atoms with Crippen molar-refractivity contribution in [3.05, 3.63) is 101 Å². The normalized spacial score (nSPS) is 11.3. The summed E-state index contributed by atoms with van der Waals surface area (Å²) in [5, 5.41) is 0. The van der Waals surface area contributed by atoms with Crippen LogP contribution in [0, 0.1) is 6.92 Å². The van der Waals surface area contributed by atoms with Crippen LogP contribution in [-0.4, -0.2) is 5.91 Å². The van der Waals surface area contributed by atoms with Gasteiger partial charge < -0.3 is 4.90 Å². The van der Waals surface area contributed by atoms with Gasteiger partial charge in [0.25, 0.3) is 5.91 Å². The molecule has 2 nitrogen and oxygen atoms in total. The van der Waals surface area contributed by atoms with Crippen LogP contribution in [0.5, 0.6) is 0 Å². The molecular formula is C25H27NO. The van der Waals surface area contributed by atoms with Gasteiger partial charge in [-0.1, -0.05) is 80.9 Å². The summed E-state index contributed by atoms with van der Waals surface area (Å²) in [6.07, 6.45) is 0. The van der Waals surface area contributed by atoms with Crippen molar-refractivity contribution in [3.63, 3.8) is 0 Å². The van der Waals surface area contributed by atoms with Crippen LogP contribution < -0.4 is 4.90 Å². The van der Waals surface area contributed by atoms with E-state index in [0.29, 0.717) is 12.1 Å². The molecule has 0 fully saturated rings.